The molecule has 1 saturated heterocycles. The lowest BCUT2D eigenvalue weighted by atomic mass is 10.1. The molecular weight excluding hydrogens is 324 g/mol. The zero-order valence-electron chi connectivity index (χ0n) is 14.2. The first kappa shape index (κ1) is 17.1. The largest absolute Gasteiger partial charge is 0.376 e. The van der Waals surface area contributed by atoms with Crippen LogP contribution in [0.3, 0.4) is 0 Å². The Morgan fingerprint density at radius 1 is 1.44 bits per heavy atom. The maximum absolute atomic E-state index is 12.7. The summed E-state index contributed by atoms with van der Waals surface area (Å²) in [6, 6.07) is 5.82. The number of nitrogens with zero attached hydrogens (tertiary/aromatic N) is 3. The van der Waals surface area contributed by atoms with Gasteiger partial charge in [0.2, 0.25) is 0 Å². The number of aliphatic imine (C=N–C) groups is 1. The SMILES string of the molecule is CC(=NCC1CCCO1)c1c(C)[nH]n(-c2ccc([N+](=O)[O-])cc2)c1=O. The predicted octanol–water partition coefficient (Wildman–Crippen LogP) is 2.37. The fourth-order valence-electron chi connectivity index (χ4n) is 2.98. The number of aryl methyl sites for hydroxylation is 1. The molecule has 8 heteroatoms. The number of aromatic nitrogens is 2. The van der Waals surface area contributed by atoms with E-state index in [1.165, 1.54) is 28.9 Å². The second-order valence-corrected chi connectivity index (χ2v) is 6.09. The highest BCUT2D eigenvalue weighted by molar-refractivity contribution is 5.99. The molecular formula is C17H20N4O4. The van der Waals surface area contributed by atoms with E-state index in [2.05, 4.69) is 10.1 Å². The summed E-state index contributed by atoms with van der Waals surface area (Å²) in [6.07, 6.45) is 2.18. The Labute approximate surface area is 144 Å². The molecule has 1 N–H and O–H groups in total. The molecule has 1 aliphatic heterocycles. The minimum atomic E-state index is -0.472. The molecule has 3 rings (SSSR count). The van der Waals surface area contributed by atoms with Gasteiger partial charge in [0.05, 0.1) is 28.8 Å². The number of nitrogens with one attached hydrogen (secondary N) is 1. The topological polar surface area (TPSA) is 103 Å². The lowest BCUT2D eigenvalue weighted by Gasteiger charge is -2.05. The van der Waals surface area contributed by atoms with Crippen molar-refractivity contribution in [3.05, 3.63) is 56.0 Å². The van der Waals surface area contributed by atoms with Crippen LogP contribution in [0.5, 0.6) is 0 Å². The van der Waals surface area contributed by atoms with Crippen LogP contribution in [0.15, 0.2) is 34.1 Å². The summed E-state index contributed by atoms with van der Waals surface area (Å²) in [7, 11) is 0. The number of ether oxygens (including phenoxy) is 1. The maximum Gasteiger partial charge on any atom is 0.280 e. The number of aromatic amines is 1. The average Bonchev–Trinajstić information content (AvgIpc) is 3.21. The van der Waals surface area contributed by atoms with E-state index in [4.69, 9.17) is 4.74 Å². The number of hydrogen-bond donors (Lipinski definition) is 1. The lowest BCUT2D eigenvalue weighted by molar-refractivity contribution is -0.384. The van der Waals surface area contributed by atoms with Crippen LogP contribution >= 0.6 is 0 Å². The van der Waals surface area contributed by atoms with Gasteiger partial charge in [0.25, 0.3) is 11.2 Å². The van der Waals surface area contributed by atoms with Crippen LogP contribution in [0.1, 0.15) is 31.0 Å². The van der Waals surface area contributed by atoms with Gasteiger partial charge in [-0.25, -0.2) is 4.68 Å². The van der Waals surface area contributed by atoms with E-state index in [1.54, 1.807) is 0 Å². The molecule has 2 aromatic rings. The third-order valence-electron chi connectivity index (χ3n) is 4.31. The zero-order chi connectivity index (χ0) is 18.0. The van der Waals surface area contributed by atoms with Crippen LogP contribution in [0, 0.1) is 17.0 Å². The van der Waals surface area contributed by atoms with E-state index < -0.39 is 4.92 Å². The summed E-state index contributed by atoms with van der Waals surface area (Å²) in [6.45, 7) is 4.94. The van der Waals surface area contributed by atoms with Gasteiger partial charge >= 0.3 is 0 Å². The van der Waals surface area contributed by atoms with Crippen LogP contribution in [-0.4, -0.2) is 39.7 Å². The number of benzene rings is 1. The smallest absolute Gasteiger partial charge is 0.280 e. The van der Waals surface area contributed by atoms with Crippen LogP contribution in [0.2, 0.25) is 0 Å². The number of H-pyrrole nitrogens is 1. The van der Waals surface area contributed by atoms with Crippen molar-refractivity contribution in [1.82, 2.24) is 9.78 Å². The Bertz CT molecular complexity index is 858. The summed E-state index contributed by atoms with van der Waals surface area (Å²) in [5, 5.41) is 13.8. The number of nitro groups is 1. The van der Waals surface area contributed by atoms with Crippen molar-refractivity contribution in [3.63, 3.8) is 0 Å². The second-order valence-electron chi connectivity index (χ2n) is 6.09. The molecule has 1 aromatic carbocycles. The fraction of sp³-hybridized carbons (Fsp3) is 0.412. The predicted molar refractivity (Wildman–Crippen MR) is 93.8 cm³/mol. The Morgan fingerprint density at radius 2 is 2.16 bits per heavy atom. The first-order valence-corrected chi connectivity index (χ1v) is 8.17. The van der Waals surface area contributed by atoms with Crippen molar-refractivity contribution < 1.29 is 9.66 Å². The van der Waals surface area contributed by atoms with Crippen molar-refractivity contribution in [2.24, 2.45) is 4.99 Å². The molecule has 0 saturated carbocycles. The summed E-state index contributed by atoms with van der Waals surface area (Å²) >= 11 is 0. The molecule has 1 unspecified atom stereocenters. The van der Waals surface area contributed by atoms with Gasteiger partial charge in [0.15, 0.2) is 0 Å². The standard InChI is InChI=1S/C17H20N4O4/c1-11(18-10-15-4-3-9-25-15)16-12(2)19-20(17(16)22)13-5-7-14(8-6-13)21(23)24/h5-8,15,19H,3-4,9-10H2,1-2H3. The molecule has 1 aliphatic rings. The highest BCUT2D eigenvalue weighted by Gasteiger charge is 2.18. The molecule has 1 fully saturated rings. The van der Waals surface area contributed by atoms with Gasteiger partial charge in [-0.2, -0.15) is 0 Å². The quantitative estimate of drug-likeness (QED) is 0.511. The van der Waals surface area contributed by atoms with Gasteiger partial charge in [0.1, 0.15) is 0 Å². The normalized spacial score (nSPS) is 17.8. The summed E-state index contributed by atoms with van der Waals surface area (Å²) < 4.78 is 6.93. The van der Waals surface area contributed by atoms with E-state index in [1.807, 2.05) is 13.8 Å². The van der Waals surface area contributed by atoms with E-state index in [0.717, 1.165) is 19.4 Å². The summed E-state index contributed by atoms with van der Waals surface area (Å²) in [4.78, 5) is 27.5. The van der Waals surface area contributed by atoms with Gasteiger partial charge in [-0.05, 0) is 38.8 Å². The molecule has 1 aromatic heterocycles. The van der Waals surface area contributed by atoms with Crippen LogP contribution in [0.4, 0.5) is 5.69 Å². The van der Waals surface area contributed by atoms with Crippen LogP contribution < -0.4 is 5.56 Å². The van der Waals surface area contributed by atoms with Crippen LogP contribution in [-0.2, 0) is 4.74 Å². The van der Waals surface area contributed by atoms with E-state index in [0.29, 0.717) is 29.2 Å². The minimum Gasteiger partial charge on any atom is -0.376 e. The van der Waals surface area contributed by atoms with Gasteiger partial charge < -0.3 is 4.74 Å². The summed E-state index contributed by atoms with van der Waals surface area (Å²) in [5.41, 5.74) is 2.19. The Hall–Kier alpha value is -2.74. The van der Waals surface area contributed by atoms with Gasteiger partial charge in [-0.15, -0.1) is 0 Å². The number of nitro benzene ring substituents is 1. The number of non-ortho nitro benzene ring substituents is 1. The van der Waals surface area contributed by atoms with Crippen molar-refractivity contribution in [2.45, 2.75) is 32.8 Å². The van der Waals surface area contributed by atoms with Crippen molar-refractivity contribution >= 4 is 11.4 Å². The Morgan fingerprint density at radius 3 is 2.76 bits per heavy atom. The monoisotopic (exact) mass is 344 g/mol. The molecule has 2 heterocycles. The molecule has 0 radical (unpaired) electrons. The van der Waals surface area contributed by atoms with Gasteiger partial charge in [-0.3, -0.25) is 25.0 Å². The van der Waals surface area contributed by atoms with E-state index in [-0.39, 0.29) is 17.4 Å². The highest BCUT2D eigenvalue weighted by Crippen LogP contribution is 2.15. The molecule has 1 atom stereocenters. The minimum absolute atomic E-state index is 0.0189. The molecule has 0 amide bonds. The summed E-state index contributed by atoms with van der Waals surface area (Å²) in [5.74, 6) is 0. The number of hydrogen-bond acceptors (Lipinski definition) is 5. The molecule has 132 valence electrons. The zero-order valence-corrected chi connectivity index (χ0v) is 14.2. The third-order valence-corrected chi connectivity index (χ3v) is 4.31. The number of rotatable bonds is 5. The van der Waals surface area contributed by atoms with Crippen molar-refractivity contribution in [3.8, 4) is 5.69 Å². The maximum atomic E-state index is 12.7. The molecule has 25 heavy (non-hydrogen) atoms. The lowest BCUT2D eigenvalue weighted by Crippen LogP contribution is -2.20. The average molecular weight is 344 g/mol. The Kier molecular flexibility index (Phi) is 4.80. The first-order chi connectivity index (χ1) is 12.0. The van der Waals surface area contributed by atoms with Crippen molar-refractivity contribution in [1.29, 1.82) is 0 Å². The second kappa shape index (κ2) is 7.02. The molecule has 0 spiro atoms. The van der Waals surface area contributed by atoms with Crippen molar-refractivity contribution in [2.75, 3.05) is 13.2 Å². The molecule has 8 nitrogen and oxygen atoms in total. The van der Waals surface area contributed by atoms with Gasteiger partial charge in [0, 0.05) is 30.1 Å². The Balaban J connectivity index is 1.88. The van der Waals surface area contributed by atoms with E-state index >= 15 is 0 Å². The van der Waals surface area contributed by atoms with Crippen LogP contribution in [0.25, 0.3) is 5.69 Å². The molecule has 0 bridgehead atoms. The highest BCUT2D eigenvalue weighted by atomic mass is 16.6. The fourth-order valence-corrected chi connectivity index (χ4v) is 2.98. The first-order valence-electron chi connectivity index (χ1n) is 8.17. The third kappa shape index (κ3) is 3.53. The van der Waals surface area contributed by atoms with E-state index in [9.17, 15) is 14.9 Å². The molecule has 0 aliphatic carbocycles. The van der Waals surface area contributed by atoms with Gasteiger partial charge in [-0.1, -0.05) is 0 Å².